The van der Waals surface area contributed by atoms with E-state index in [4.69, 9.17) is 5.26 Å². The van der Waals surface area contributed by atoms with Crippen LogP contribution in [0.2, 0.25) is 0 Å². The fourth-order valence-electron chi connectivity index (χ4n) is 2.78. The monoisotopic (exact) mass is 229 g/mol. The van der Waals surface area contributed by atoms with Crippen LogP contribution in [0.1, 0.15) is 18.5 Å². The third kappa shape index (κ3) is 2.08. The number of piperidine rings is 3. The molecule has 1 unspecified atom stereocenters. The van der Waals surface area contributed by atoms with Gasteiger partial charge in [0.2, 0.25) is 5.95 Å². The molecule has 0 saturated carbocycles. The molecule has 0 aromatic carbocycles. The fraction of sp³-hybridized carbons (Fsp3) is 0.583. The first-order valence-electron chi connectivity index (χ1n) is 6.07. The van der Waals surface area contributed by atoms with Gasteiger partial charge in [-0.05, 0) is 37.9 Å². The van der Waals surface area contributed by atoms with E-state index in [-0.39, 0.29) is 0 Å². The van der Waals surface area contributed by atoms with Gasteiger partial charge in [0, 0.05) is 18.8 Å². The molecule has 17 heavy (non-hydrogen) atoms. The second-order valence-corrected chi connectivity index (χ2v) is 4.77. The molecule has 0 radical (unpaired) electrons. The number of fused-ring (bicyclic) bond motifs is 3. The Balaban J connectivity index is 1.72. The highest BCUT2D eigenvalue weighted by Gasteiger charge is 2.34. The van der Waals surface area contributed by atoms with Gasteiger partial charge in [-0.15, -0.1) is 0 Å². The van der Waals surface area contributed by atoms with Gasteiger partial charge in [0.05, 0.1) is 0 Å². The standard InChI is InChI=1S/C12H15N5/c13-7-10-1-4-14-12(15-10)16-11-8-17-5-2-9(11)3-6-17/h1,4,9,11H,2-3,5-6,8H2,(H,14,15,16). The van der Waals surface area contributed by atoms with Gasteiger partial charge < -0.3 is 10.2 Å². The molecule has 1 N–H and O–H groups in total. The highest BCUT2D eigenvalue weighted by atomic mass is 15.2. The van der Waals surface area contributed by atoms with Gasteiger partial charge in [-0.2, -0.15) is 5.26 Å². The largest absolute Gasteiger partial charge is 0.350 e. The smallest absolute Gasteiger partial charge is 0.224 e. The van der Waals surface area contributed by atoms with E-state index in [1.54, 1.807) is 12.3 Å². The second kappa shape index (κ2) is 4.30. The maximum atomic E-state index is 8.80. The molecule has 3 aliphatic heterocycles. The molecule has 1 atom stereocenters. The zero-order valence-electron chi connectivity index (χ0n) is 9.63. The van der Waals surface area contributed by atoms with Crippen molar-refractivity contribution in [3.63, 3.8) is 0 Å². The number of nitriles is 1. The van der Waals surface area contributed by atoms with E-state index in [0.717, 1.165) is 12.5 Å². The minimum atomic E-state index is 0.420. The van der Waals surface area contributed by atoms with Gasteiger partial charge in [-0.3, -0.25) is 0 Å². The van der Waals surface area contributed by atoms with Gasteiger partial charge in [0.15, 0.2) is 0 Å². The molecular formula is C12H15N5. The summed E-state index contributed by atoms with van der Waals surface area (Å²) in [6, 6.07) is 4.10. The van der Waals surface area contributed by atoms with Crippen molar-refractivity contribution in [2.24, 2.45) is 5.92 Å². The van der Waals surface area contributed by atoms with Crippen molar-refractivity contribution in [3.8, 4) is 6.07 Å². The average Bonchev–Trinajstić information content (AvgIpc) is 2.40. The van der Waals surface area contributed by atoms with Crippen LogP contribution in [0, 0.1) is 17.2 Å². The summed E-state index contributed by atoms with van der Waals surface area (Å²) in [5.41, 5.74) is 0.420. The first-order chi connectivity index (χ1) is 8.35. The average molecular weight is 229 g/mol. The SMILES string of the molecule is N#Cc1ccnc(NC2CN3CCC2CC3)n1. The number of nitrogens with zero attached hydrogens (tertiary/aromatic N) is 4. The van der Waals surface area contributed by atoms with Crippen molar-refractivity contribution in [2.75, 3.05) is 25.0 Å². The predicted molar refractivity (Wildman–Crippen MR) is 63.3 cm³/mol. The molecule has 1 aromatic rings. The minimum Gasteiger partial charge on any atom is -0.350 e. The van der Waals surface area contributed by atoms with Crippen LogP contribution in [0.15, 0.2) is 12.3 Å². The van der Waals surface area contributed by atoms with E-state index in [2.05, 4.69) is 20.2 Å². The molecule has 88 valence electrons. The maximum Gasteiger partial charge on any atom is 0.224 e. The van der Waals surface area contributed by atoms with Crippen LogP contribution in [-0.4, -0.2) is 40.5 Å². The van der Waals surface area contributed by atoms with Crippen LogP contribution in [-0.2, 0) is 0 Å². The van der Waals surface area contributed by atoms with Crippen LogP contribution >= 0.6 is 0 Å². The van der Waals surface area contributed by atoms with Crippen molar-refractivity contribution in [1.29, 1.82) is 5.26 Å². The van der Waals surface area contributed by atoms with E-state index in [9.17, 15) is 0 Å². The van der Waals surface area contributed by atoms with Crippen molar-refractivity contribution >= 4 is 5.95 Å². The Morgan fingerprint density at radius 2 is 2.24 bits per heavy atom. The summed E-state index contributed by atoms with van der Waals surface area (Å²) in [5, 5.41) is 12.2. The summed E-state index contributed by atoms with van der Waals surface area (Å²) in [5.74, 6) is 1.32. The summed E-state index contributed by atoms with van der Waals surface area (Å²) in [7, 11) is 0. The number of nitrogens with one attached hydrogen (secondary N) is 1. The van der Waals surface area contributed by atoms with Gasteiger partial charge in [0.1, 0.15) is 11.8 Å². The predicted octanol–water partition coefficient (Wildman–Crippen LogP) is 0.854. The van der Waals surface area contributed by atoms with E-state index < -0.39 is 0 Å². The molecule has 3 saturated heterocycles. The van der Waals surface area contributed by atoms with Crippen molar-refractivity contribution in [3.05, 3.63) is 18.0 Å². The third-order valence-corrected chi connectivity index (χ3v) is 3.74. The van der Waals surface area contributed by atoms with Crippen LogP contribution in [0.3, 0.4) is 0 Å². The first-order valence-corrected chi connectivity index (χ1v) is 6.07. The molecule has 2 bridgehead atoms. The summed E-state index contributed by atoms with van der Waals surface area (Å²) < 4.78 is 0. The summed E-state index contributed by atoms with van der Waals surface area (Å²) >= 11 is 0. The number of aromatic nitrogens is 2. The molecule has 0 aliphatic carbocycles. The van der Waals surface area contributed by atoms with Gasteiger partial charge in [-0.25, -0.2) is 9.97 Å². The molecule has 5 nitrogen and oxygen atoms in total. The molecule has 5 heteroatoms. The normalized spacial score (nSPS) is 30.9. The maximum absolute atomic E-state index is 8.80. The van der Waals surface area contributed by atoms with E-state index in [1.807, 2.05) is 6.07 Å². The Labute approximate surface area is 100 Å². The van der Waals surface area contributed by atoms with Crippen molar-refractivity contribution < 1.29 is 0 Å². The van der Waals surface area contributed by atoms with Crippen LogP contribution < -0.4 is 5.32 Å². The van der Waals surface area contributed by atoms with Crippen LogP contribution in [0.25, 0.3) is 0 Å². The lowest BCUT2D eigenvalue weighted by Gasteiger charge is -2.44. The van der Waals surface area contributed by atoms with Crippen LogP contribution in [0.4, 0.5) is 5.95 Å². The Hall–Kier alpha value is -1.67. The number of anilines is 1. The molecular weight excluding hydrogens is 214 g/mol. The Morgan fingerprint density at radius 1 is 1.41 bits per heavy atom. The zero-order chi connectivity index (χ0) is 11.7. The second-order valence-electron chi connectivity index (χ2n) is 4.77. The molecule has 4 rings (SSSR count). The quantitative estimate of drug-likeness (QED) is 0.814. The van der Waals surface area contributed by atoms with E-state index in [0.29, 0.717) is 17.7 Å². The molecule has 3 fully saturated rings. The minimum absolute atomic E-state index is 0.420. The number of hydrogen-bond acceptors (Lipinski definition) is 5. The van der Waals surface area contributed by atoms with E-state index in [1.165, 1.54) is 25.9 Å². The summed E-state index contributed by atoms with van der Waals surface area (Å²) in [4.78, 5) is 10.8. The molecule has 0 amide bonds. The Kier molecular flexibility index (Phi) is 2.65. The summed E-state index contributed by atoms with van der Waals surface area (Å²) in [6.07, 6.45) is 4.15. The Morgan fingerprint density at radius 3 is 2.88 bits per heavy atom. The molecule has 1 aromatic heterocycles. The van der Waals surface area contributed by atoms with Gasteiger partial charge in [0.25, 0.3) is 0 Å². The highest BCUT2D eigenvalue weighted by molar-refractivity contribution is 5.31. The highest BCUT2D eigenvalue weighted by Crippen LogP contribution is 2.28. The lowest BCUT2D eigenvalue weighted by atomic mass is 9.84. The molecule has 4 heterocycles. The fourth-order valence-corrected chi connectivity index (χ4v) is 2.78. The third-order valence-electron chi connectivity index (χ3n) is 3.74. The number of rotatable bonds is 2. The molecule has 0 spiro atoms. The van der Waals surface area contributed by atoms with Crippen LogP contribution in [0.5, 0.6) is 0 Å². The Bertz CT molecular complexity index is 444. The first kappa shape index (κ1) is 10.5. The number of hydrogen-bond donors (Lipinski definition) is 1. The van der Waals surface area contributed by atoms with Gasteiger partial charge in [-0.1, -0.05) is 0 Å². The summed E-state index contributed by atoms with van der Waals surface area (Å²) in [6.45, 7) is 3.52. The van der Waals surface area contributed by atoms with Crippen molar-refractivity contribution in [2.45, 2.75) is 18.9 Å². The lowest BCUT2D eigenvalue weighted by molar-refractivity contribution is 0.0972. The van der Waals surface area contributed by atoms with Crippen molar-refractivity contribution in [1.82, 2.24) is 14.9 Å². The molecule has 3 aliphatic rings. The zero-order valence-corrected chi connectivity index (χ0v) is 9.63. The lowest BCUT2D eigenvalue weighted by Crippen LogP contribution is -2.53. The van der Waals surface area contributed by atoms with E-state index >= 15 is 0 Å². The van der Waals surface area contributed by atoms with Gasteiger partial charge >= 0.3 is 0 Å². The topological polar surface area (TPSA) is 64.8 Å².